The van der Waals surface area contributed by atoms with E-state index in [4.69, 9.17) is 0 Å². The molecule has 2 aliphatic heterocycles. The van der Waals surface area contributed by atoms with E-state index in [1.54, 1.807) is 12.1 Å². The fraction of sp³-hybridized carbons (Fsp3) is 0.381. The first kappa shape index (κ1) is 17.9. The van der Waals surface area contributed by atoms with Crippen molar-refractivity contribution in [2.75, 3.05) is 18.0 Å². The second kappa shape index (κ2) is 6.93. The van der Waals surface area contributed by atoms with E-state index in [1.165, 1.54) is 12.1 Å². The molecule has 0 aliphatic carbocycles. The van der Waals surface area contributed by atoms with Crippen molar-refractivity contribution in [2.45, 2.75) is 38.5 Å². The lowest BCUT2D eigenvalue weighted by Gasteiger charge is -2.24. The Kier molecular flexibility index (Phi) is 4.60. The van der Waals surface area contributed by atoms with Crippen molar-refractivity contribution in [1.82, 2.24) is 0 Å². The highest BCUT2D eigenvalue weighted by Crippen LogP contribution is 2.37. The van der Waals surface area contributed by atoms with Gasteiger partial charge in [-0.05, 0) is 55.7 Å². The van der Waals surface area contributed by atoms with E-state index >= 15 is 0 Å². The van der Waals surface area contributed by atoms with Crippen molar-refractivity contribution in [3.63, 3.8) is 0 Å². The first-order valence-corrected chi connectivity index (χ1v) is 9.23. The average Bonchev–Trinajstić information content (AvgIpc) is 2.97. The molecule has 2 aromatic carbocycles. The molecule has 0 aromatic heterocycles. The number of aryl methyl sites for hydroxylation is 1. The summed E-state index contributed by atoms with van der Waals surface area (Å²) in [5.74, 6) is 1.21. The maximum atomic E-state index is 12.4. The second-order valence-corrected chi connectivity index (χ2v) is 7.12. The highest BCUT2D eigenvalue weighted by molar-refractivity contribution is 5.96. The third kappa shape index (κ3) is 3.18. The van der Waals surface area contributed by atoms with Gasteiger partial charge in [-0.15, -0.1) is 0 Å². The normalized spacial score (nSPS) is 22.3. The molecule has 2 aromatic rings. The van der Waals surface area contributed by atoms with Gasteiger partial charge in [-0.25, -0.2) is 9.48 Å². The number of amidine groups is 1. The topological polar surface area (TPSA) is 35.7 Å². The summed E-state index contributed by atoms with van der Waals surface area (Å²) in [7, 11) is 0. The van der Waals surface area contributed by atoms with E-state index in [2.05, 4.69) is 33.3 Å². The Hall–Kier alpha value is -2.47. The highest BCUT2D eigenvalue weighted by atomic mass is 19.3. The molecule has 4 rings (SSSR count). The van der Waals surface area contributed by atoms with Crippen molar-refractivity contribution in [3.05, 3.63) is 59.7 Å². The Labute approximate surface area is 157 Å². The van der Waals surface area contributed by atoms with Gasteiger partial charge in [0.05, 0.1) is 6.54 Å². The summed E-state index contributed by atoms with van der Waals surface area (Å²) in [6.07, 6.45) is 3.01. The van der Waals surface area contributed by atoms with Gasteiger partial charge in [-0.2, -0.15) is 8.78 Å². The van der Waals surface area contributed by atoms with Gasteiger partial charge >= 0.3 is 6.61 Å². The molecule has 0 fully saturated rings. The van der Waals surface area contributed by atoms with E-state index in [0.29, 0.717) is 12.1 Å². The van der Waals surface area contributed by atoms with Gasteiger partial charge in [0.1, 0.15) is 11.4 Å². The largest absolute Gasteiger partial charge is 0.435 e. The molecule has 6 heteroatoms. The van der Waals surface area contributed by atoms with Crippen LogP contribution in [-0.4, -0.2) is 35.2 Å². The van der Waals surface area contributed by atoms with Crippen molar-refractivity contribution in [2.24, 2.45) is 0 Å². The van der Waals surface area contributed by atoms with Crippen molar-refractivity contribution in [3.8, 4) is 5.75 Å². The molecule has 0 amide bonds. The predicted octanol–water partition coefficient (Wildman–Crippen LogP) is 3.86. The number of nitrogens with zero attached hydrogens (tertiary/aromatic N) is 2. The van der Waals surface area contributed by atoms with Crippen LogP contribution in [0.25, 0.3) is 0 Å². The fourth-order valence-electron chi connectivity index (χ4n) is 4.13. The SMILES string of the molecule is Cc1ccccc1N1C[C@](O)(c2ccc(OC(F)F)cc2)[N+]2=C1CCCC2. The number of halogens is 2. The monoisotopic (exact) mass is 373 g/mol. The summed E-state index contributed by atoms with van der Waals surface area (Å²) in [6.45, 7) is 0.381. The summed E-state index contributed by atoms with van der Waals surface area (Å²) >= 11 is 0. The van der Waals surface area contributed by atoms with E-state index in [0.717, 1.165) is 42.9 Å². The summed E-state index contributed by atoms with van der Waals surface area (Å²) in [6, 6.07) is 14.5. The predicted molar refractivity (Wildman–Crippen MR) is 99.5 cm³/mol. The minimum atomic E-state index is -2.86. The molecule has 4 nitrogen and oxygen atoms in total. The molecule has 2 aliphatic rings. The maximum Gasteiger partial charge on any atom is 0.387 e. The van der Waals surface area contributed by atoms with Gasteiger partial charge < -0.3 is 9.84 Å². The zero-order valence-electron chi connectivity index (χ0n) is 15.2. The molecule has 0 radical (unpaired) electrons. The lowest BCUT2D eigenvalue weighted by molar-refractivity contribution is -0.661. The van der Waals surface area contributed by atoms with Crippen LogP contribution in [0, 0.1) is 6.92 Å². The van der Waals surface area contributed by atoms with Crippen LogP contribution in [0.1, 0.15) is 30.4 Å². The van der Waals surface area contributed by atoms with Crippen LogP contribution in [0.5, 0.6) is 5.75 Å². The van der Waals surface area contributed by atoms with E-state index in [-0.39, 0.29) is 5.75 Å². The lowest BCUT2D eigenvalue weighted by atomic mass is 10.0. The number of benzene rings is 2. The summed E-state index contributed by atoms with van der Waals surface area (Å²) in [4.78, 5) is 2.19. The Morgan fingerprint density at radius 3 is 2.56 bits per heavy atom. The average molecular weight is 373 g/mol. The zero-order chi connectivity index (χ0) is 19.0. The molecule has 0 spiro atoms. The molecular weight excluding hydrogens is 350 g/mol. The second-order valence-electron chi connectivity index (χ2n) is 7.12. The van der Waals surface area contributed by atoms with Crippen LogP contribution >= 0.6 is 0 Å². The number of aliphatic hydroxyl groups is 1. The molecule has 0 saturated heterocycles. The van der Waals surface area contributed by atoms with Crippen LogP contribution in [0.15, 0.2) is 48.5 Å². The van der Waals surface area contributed by atoms with Gasteiger partial charge in [0.2, 0.25) is 0 Å². The Morgan fingerprint density at radius 2 is 1.85 bits per heavy atom. The van der Waals surface area contributed by atoms with E-state index in [1.807, 2.05) is 12.1 Å². The number of ether oxygens (including phenoxy) is 1. The number of hydrogen-bond acceptors (Lipinski definition) is 3. The smallest absolute Gasteiger partial charge is 0.387 e. The molecule has 27 heavy (non-hydrogen) atoms. The van der Waals surface area contributed by atoms with E-state index < -0.39 is 12.3 Å². The molecule has 1 N–H and O–H groups in total. The van der Waals surface area contributed by atoms with Gasteiger partial charge in [0, 0.05) is 12.0 Å². The van der Waals surface area contributed by atoms with Crippen LogP contribution < -0.4 is 9.64 Å². The molecule has 1 atom stereocenters. The minimum absolute atomic E-state index is 0.0916. The van der Waals surface area contributed by atoms with Gasteiger partial charge in [-0.3, -0.25) is 0 Å². The standard InChI is InChI=1S/C21H23F2N2O2/c1-15-6-2-3-7-18(15)24-14-21(26,25-13-5-4-8-19(24)25)16-9-11-17(12-10-16)27-20(22)23/h2-3,6-7,9-12,20,26H,4-5,8,13-14H2,1H3/q+1/t21-/m0/s1. The van der Waals surface area contributed by atoms with Crippen molar-refractivity contribution in [1.29, 1.82) is 0 Å². The van der Waals surface area contributed by atoms with Crippen LogP contribution in [0.4, 0.5) is 14.5 Å². The van der Waals surface area contributed by atoms with Crippen LogP contribution in [-0.2, 0) is 5.72 Å². The number of hydrogen-bond donors (Lipinski definition) is 1. The molecule has 142 valence electrons. The lowest BCUT2D eigenvalue weighted by Crippen LogP contribution is -2.41. The molecule has 0 unspecified atom stereocenters. The summed E-state index contributed by atoms with van der Waals surface area (Å²) < 4.78 is 31.3. The highest BCUT2D eigenvalue weighted by Gasteiger charge is 2.52. The van der Waals surface area contributed by atoms with Gasteiger partial charge in [0.15, 0.2) is 6.54 Å². The third-order valence-electron chi connectivity index (χ3n) is 5.43. The minimum Gasteiger partial charge on any atom is -0.435 e. The van der Waals surface area contributed by atoms with E-state index in [9.17, 15) is 13.9 Å². The number of alkyl halides is 2. The number of para-hydroxylation sites is 1. The summed E-state index contributed by atoms with van der Waals surface area (Å²) in [5, 5.41) is 11.6. The van der Waals surface area contributed by atoms with Crippen LogP contribution in [0.3, 0.4) is 0 Å². The van der Waals surface area contributed by atoms with Gasteiger partial charge in [-0.1, -0.05) is 18.2 Å². The third-order valence-corrected chi connectivity index (χ3v) is 5.43. The van der Waals surface area contributed by atoms with Crippen molar-refractivity contribution >= 4 is 11.5 Å². The first-order valence-electron chi connectivity index (χ1n) is 9.23. The number of anilines is 1. The molecule has 2 heterocycles. The Morgan fingerprint density at radius 1 is 1.11 bits per heavy atom. The fourth-order valence-corrected chi connectivity index (χ4v) is 4.13. The Balaban J connectivity index is 1.72. The van der Waals surface area contributed by atoms with Gasteiger partial charge in [0.25, 0.3) is 11.6 Å². The quantitative estimate of drug-likeness (QED) is 0.827. The molecule has 0 saturated carbocycles. The number of β-amino-alcohol motifs (C(OH)–C–C–N with tert-alkyl or cyclic N) is 1. The number of rotatable bonds is 4. The first-order chi connectivity index (χ1) is 13.0. The maximum absolute atomic E-state index is 12.4. The molecular formula is C21H23F2N2O2+. The zero-order valence-corrected chi connectivity index (χ0v) is 15.2. The van der Waals surface area contributed by atoms with Crippen LogP contribution in [0.2, 0.25) is 0 Å². The molecule has 0 bridgehead atoms. The Bertz CT molecular complexity index is 867. The van der Waals surface area contributed by atoms with Crippen molar-refractivity contribution < 1.29 is 23.2 Å². The summed E-state index contributed by atoms with van der Waals surface area (Å²) in [5.41, 5.74) is 1.73.